The van der Waals surface area contributed by atoms with E-state index in [4.69, 9.17) is 6.42 Å². The number of nitrogens with zero attached hydrogens (tertiary/aromatic N) is 1. The number of halogens is 1. The minimum atomic E-state index is -0.422. The molecule has 0 saturated heterocycles. The summed E-state index contributed by atoms with van der Waals surface area (Å²) in [6, 6.07) is 4.56. The largest absolute Gasteiger partial charge is 0.366 e. The topological polar surface area (TPSA) is 55.2 Å². The van der Waals surface area contributed by atoms with E-state index in [2.05, 4.69) is 27.2 Å². The third kappa shape index (κ3) is 3.75. The van der Waals surface area contributed by atoms with E-state index < -0.39 is 4.92 Å². The lowest BCUT2D eigenvalue weighted by atomic mass is 10.1. The molecular weight excluding hydrogens is 284 g/mol. The molecule has 0 amide bonds. The molecule has 0 aliphatic carbocycles. The van der Waals surface area contributed by atoms with Gasteiger partial charge in [-0.25, -0.2) is 0 Å². The Balaban J connectivity index is 2.99. The predicted octanol–water partition coefficient (Wildman–Crippen LogP) is 3.57. The highest BCUT2D eigenvalue weighted by Crippen LogP contribution is 2.28. The highest BCUT2D eigenvalue weighted by Gasteiger charge is 2.15. The van der Waals surface area contributed by atoms with Crippen LogP contribution in [0.2, 0.25) is 0 Å². The summed E-state index contributed by atoms with van der Waals surface area (Å²) in [5.74, 6) is 2.59. The van der Waals surface area contributed by atoms with Crippen LogP contribution >= 0.6 is 15.9 Å². The molecule has 0 spiro atoms. The van der Waals surface area contributed by atoms with Crippen molar-refractivity contribution in [2.45, 2.75) is 25.8 Å². The predicted molar refractivity (Wildman–Crippen MR) is 71.9 cm³/mol. The van der Waals surface area contributed by atoms with Crippen molar-refractivity contribution in [1.82, 2.24) is 0 Å². The molecule has 1 atom stereocenters. The van der Waals surface area contributed by atoms with Crippen molar-refractivity contribution in [3.63, 3.8) is 0 Å². The minimum absolute atomic E-state index is 0.0320. The molecule has 0 aliphatic heterocycles. The molecule has 0 heterocycles. The number of benzene rings is 1. The van der Waals surface area contributed by atoms with Gasteiger partial charge in [-0.3, -0.25) is 10.1 Å². The fourth-order valence-corrected chi connectivity index (χ4v) is 1.82. The first-order valence-corrected chi connectivity index (χ1v) is 6.04. The van der Waals surface area contributed by atoms with Gasteiger partial charge in [-0.1, -0.05) is 35.2 Å². The lowest BCUT2D eigenvalue weighted by Gasteiger charge is -2.13. The van der Waals surface area contributed by atoms with Crippen LogP contribution in [0.5, 0.6) is 0 Å². The van der Waals surface area contributed by atoms with Gasteiger partial charge < -0.3 is 5.32 Å². The first kappa shape index (κ1) is 13.5. The van der Waals surface area contributed by atoms with Crippen molar-refractivity contribution in [1.29, 1.82) is 0 Å². The SMILES string of the molecule is C#CC(CCC)Nc1cc(Br)ccc1[N+](=O)[O-]. The maximum atomic E-state index is 10.9. The number of nitro benzene ring substituents is 1. The van der Waals surface area contributed by atoms with Crippen LogP contribution in [0.3, 0.4) is 0 Å². The second-order valence-electron chi connectivity index (χ2n) is 3.57. The molecule has 17 heavy (non-hydrogen) atoms. The molecule has 0 fully saturated rings. The van der Waals surface area contributed by atoms with Gasteiger partial charge in [-0.15, -0.1) is 6.42 Å². The van der Waals surface area contributed by atoms with E-state index in [0.717, 1.165) is 17.3 Å². The normalized spacial score (nSPS) is 11.6. The number of nitrogens with one attached hydrogen (secondary N) is 1. The highest BCUT2D eigenvalue weighted by atomic mass is 79.9. The molecule has 0 saturated carbocycles. The Bertz CT molecular complexity index is 454. The van der Waals surface area contributed by atoms with E-state index in [0.29, 0.717) is 5.69 Å². The second-order valence-corrected chi connectivity index (χ2v) is 4.49. The fraction of sp³-hybridized carbons (Fsp3) is 0.333. The smallest absolute Gasteiger partial charge is 0.292 e. The maximum Gasteiger partial charge on any atom is 0.292 e. The molecule has 0 radical (unpaired) electrons. The Morgan fingerprint density at radius 2 is 2.35 bits per heavy atom. The van der Waals surface area contributed by atoms with Gasteiger partial charge >= 0.3 is 0 Å². The summed E-state index contributed by atoms with van der Waals surface area (Å²) >= 11 is 3.28. The summed E-state index contributed by atoms with van der Waals surface area (Å²) < 4.78 is 0.776. The molecular formula is C12H13BrN2O2. The zero-order valence-corrected chi connectivity index (χ0v) is 11.0. The Kier molecular flexibility index (Phi) is 4.98. The van der Waals surface area contributed by atoms with E-state index in [1.807, 2.05) is 6.92 Å². The van der Waals surface area contributed by atoms with Crippen LogP contribution in [0.4, 0.5) is 11.4 Å². The van der Waals surface area contributed by atoms with Gasteiger partial charge in [0.25, 0.3) is 5.69 Å². The molecule has 4 nitrogen and oxygen atoms in total. The molecule has 1 aromatic carbocycles. The molecule has 0 aliphatic rings. The van der Waals surface area contributed by atoms with Crippen LogP contribution in [0.25, 0.3) is 0 Å². The maximum absolute atomic E-state index is 10.9. The van der Waals surface area contributed by atoms with E-state index in [-0.39, 0.29) is 11.7 Å². The van der Waals surface area contributed by atoms with Gasteiger partial charge in [0.2, 0.25) is 0 Å². The first-order chi connectivity index (χ1) is 8.08. The van der Waals surface area contributed by atoms with Crippen LogP contribution in [0, 0.1) is 22.5 Å². The number of terminal acetylenes is 1. The number of rotatable bonds is 5. The Hall–Kier alpha value is -1.54. The molecule has 1 N–H and O–H groups in total. The number of hydrogen-bond donors (Lipinski definition) is 1. The van der Waals surface area contributed by atoms with Crippen molar-refractivity contribution in [2.75, 3.05) is 5.32 Å². The zero-order chi connectivity index (χ0) is 12.8. The van der Waals surface area contributed by atoms with E-state index in [1.165, 1.54) is 6.07 Å². The summed E-state index contributed by atoms with van der Waals surface area (Å²) in [5.41, 5.74) is 0.477. The molecule has 1 aromatic rings. The number of nitro groups is 1. The van der Waals surface area contributed by atoms with Crippen molar-refractivity contribution in [3.05, 3.63) is 32.8 Å². The molecule has 0 aromatic heterocycles. The summed E-state index contributed by atoms with van der Waals surface area (Å²) in [6.07, 6.45) is 7.08. The molecule has 0 bridgehead atoms. The van der Waals surface area contributed by atoms with Gasteiger partial charge in [0.05, 0.1) is 11.0 Å². The van der Waals surface area contributed by atoms with E-state index in [1.54, 1.807) is 12.1 Å². The van der Waals surface area contributed by atoms with Crippen LogP contribution < -0.4 is 5.32 Å². The van der Waals surface area contributed by atoms with Crippen molar-refractivity contribution >= 4 is 27.3 Å². The van der Waals surface area contributed by atoms with Gasteiger partial charge in [-0.2, -0.15) is 0 Å². The Labute approximate surface area is 109 Å². The van der Waals surface area contributed by atoms with Crippen LogP contribution in [0.1, 0.15) is 19.8 Å². The quantitative estimate of drug-likeness (QED) is 0.513. The standard InChI is InChI=1S/C12H13BrN2O2/c1-3-5-10(4-2)14-11-8-9(13)6-7-12(11)15(16)17/h2,6-8,10,14H,3,5H2,1H3. The molecule has 90 valence electrons. The highest BCUT2D eigenvalue weighted by molar-refractivity contribution is 9.10. The average Bonchev–Trinajstić information content (AvgIpc) is 2.28. The molecule has 5 heteroatoms. The van der Waals surface area contributed by atoms with Crippen molar-refractivity contribution in [2.24, 2.45) is 0 Å². The molecule has 1 unspecified atom stereocenters. The van der Waals surface area contributed by atoms with Crippen LogP contribution in [-0.4, -0.2) is 11.0 Å². The lowest BCUT2D eigenvalue weighted by Crippen LogP contribution is -2.17. The number of hydrogen-bond acceptors (Lipinski definition) is 3. The Morgan fingerprint density at radius 3 is 2.88 bits per heavy atom. The summed E-state index contributed by atoms with van der Waals surface area (Å²) in [6.45, 7) is 2.02. The minimum Gasteiger partial charge on any atom is -0.366 e. The number of anilines is 1. The second kappa shape index (κ2) is 6.26. The first-order valence-electron chi connectivity index (χ1n) is 5.25. The third-order valence-corrected chi connectivity index (χ3v) is 2.76. The van der Waals surface area contributed by atoms with Crippen molar-refractivity contribution in [3.8, 4) is 12.3 Å². The zero-order valence-electron chi connectivity index (χ0n) is 9.44. The van der Waals surface area contributed by atoms with Gasteiger partial charge in [0.1, 0.15) is 5.69 Å². The summed E-state index contributed by atoms with van der Waals surface area (Å²) in [7, 11) is 0. The van der Waals surface area contributed by atoms with Gasteiger partial charge in [0, 0.05) is 10.5 Å². The van der Waals surface area contributed by atoms with Crippen molar-refractivity contribution < 1.29 is 4.92 Å². The lowest BCUT2D eigenvalue weighted by molar-refractivity contribution is -0.384. The average molecular weight is 297 g/mol. The van der Waals surface area contributed by atoms with E-state index in [9.17, 15) is 10.1 Å². The summed E-state index contributed by atoms with van der Waals surface area (Å²) in [4.78, 5) is 10.4. The van der Waals surface area contributed by atoms with Crippen LogP contribution in [0.15, 0.2) is 22.7 Å². The molecule has 1 rings (SSSR count). The summed E-state index contributed by atoms with van der Waals surface area (Å²) in [5, 5.41) is 13.9. The monoisotopic (exact) mass is 296 g/mol. The van der Waals surface area contributed by atoms with Crippen LogP contribution in [-0.2, 0) is 0 Å². The van der Waals surface area contributed by atoms with Gasteiger partial charge in [0.15, 0.2) is 0 Å². The van der Waals surface area contributed by atoms with Gasteiger partial charge in [-0.05, 0) is 18.6 Å². The Morgan fingerprint density at radius 1 is 1.65 bits per heavy atom. The van der Waals surface area contributed by atoms with E-state index >= 15 is 0 Å². The third-order valence-electron chi connectivity index (χ3n) is 2.26. The fourth-order valence-electron chi connectivity index (χ4n) is 1.46.